The van der Waals surface area contributed by atoms with Gasteiger partial charge in [0.2, 0.25) is 0 Å². The maximum Gasteiger partial charge on any atom is 0.400 e. The van der Waals surface area contributed by atoms with Gasteiger partial charge in [0.1, 0.15) is 11.6 Å². The molecule has 2 aromatic carbocycles. The van der Waals surface area contributed by atoms with Crippen molar-refractivity contribution in [3.8, 4) is 16.9 Å². The molecule has 10 heteroatoms. The SMILES string of the molecule is CCCC12COC(C3CCC(C(F)(F)Oc4ccc(-c5cc(F)c(F)c(F)c5)c(F)c4)CC3)(OC1)OC2. The lowest BCUT2D eigenvalue weighted by atomic mass is 9.77. The third-order valence-corrected chi connectivity index (χ3v) is 7.71. The predicted molar refractivity (Wildman–Crippen MR) is 121 cm³/mol. The lowest BCUT2D eigenvalue weighted by Gasteiger charge is -2.55. The quantitative estimate of drug-likeness (QED) is 0.280. The fraction of sp³-hybridized carbons (Fsp3) is 0.556. The molecule has 3 heterocycles. The summed E-state index contributed by atoms with van der Waals surface area (Å²) < 4.78 is 108. The summed E-state index contributed by atoms with van der Waals surface area (Å²) in [4.78, 5) is 0. The van der Waals surface area contributed by atoms with Crippen LogP contribution in [0.25, 0.3) is 11.1 Å². The highest BCUT2D eigenvalue weighted by Gasteiger charge is 2.57. The molecular formula is C27H28F6O4. The Bertz CT molecular complexity index is 1100. The van der Waals surface area contributed by atoms with Gasteiger partial charge in [0.15, 0.2) is 17.5 Å². The Kier molecular flexibility index (Phi) is 6.96. The Balaban J connectivity index is 1.21. The second-order valence-corrected chi connectivity index (χ2v) is 10.3. The minimum absolute atomic E-state index is 0.129. The number of alkyl halides is 2. The van der Waals surface area contributed by atoms with E-state index in [1.165, 1.54) is 0 Å². The first kappa shape index (κ1) is 26.3. The fourth-order valence-electron chi connectivity index (χ4n) is 5.64. The van der Waals surface area contributed by atoms with Gasteiger partial charge in [-0.05, 0) is 61.9 Å². The van der Waals surface area contributed by atoms with Crippen molar-refractivity contribution in [1.82, 2.24) is 0 Å². The highest BCUT2D eigenvalue weighted by Crippen LogP contribution is 2.50. The maximum atomic E-state index is 15.0. The van der Waals surface area contributed by atoms with E-state index in [1.807, 2.05) is 0 Å². The largest absolute Gasteiger partial charge is 0.432 e. The standard InChI is InChI=1S/C27H28F6O4/c1-2-9-25-13-34-27(35-14-25,36-15-25)18-5-3-17(4-6-18)26(32,33)37-19-7-8-20(21(28)12-19)16-10-22(29)24(31)23(30)11-16/h7-8,10-12,17-18H,2-6,9,13-15H2,1H3. The van der Waals surface area contributed by atoms with Gasteiger partial charge in [-0.25, -0.2) is 17.6 Å². The summed E-state index contributed by atoms with van der Waals surface area (Å²) in [6.45, 7) is 3.67. The lowest BCUT2D eigenvalue weighted by Crippen LogP contribution is -2.63. The van der Waals surface area contributed by atoms with Gasteiger partial charge in [-0.15, -0.1) is 0 Å². The molecule has 1 saturated carbocycles. The van der Waals surface area contributed by atoms with Crippen LogP contribution in [0.3, 0.4) is 0 Å². The molecule has 4 nitrogen and oxygen atoms in total. The van der Waals surface area contributed by atoms with Crippen molar-refractivity contribution in [2.45, 2.75) is 57.5 Å². The summed E-state index contributed by atoms with van der Waals surface area (Å²) in [5.74, 6) is -8.62. The van der Waals surface area contributed by atoms with Crippen molar-refractivity contribution < 1.29 is 45.3 Å². The molecule has 0 radical (unpaired) electrons. The Morgan fingerprint density at radius 1 is 0.865 bits per heavy atom. The molecule has 3 aliphatic heterocycles. The van der Waals surface area contributed by atoms with Crippen molar-refractivity contribution in [1.29, 1.82) is 0 Å². The lowest BCUT2D eigenvalue weighted by molar-refractivity contribution is -0.489. The molecule has 0 unspecified atom stereocenters. The van der Waals surface area contributed by atoms with Crippen molar-refractivity contribution in [3.05, 3.63) is 53.6 Å². The van der Waals surface area contributed by atoms with Gasteiger partial charge in [-0.1, -0.05) is 13.3 Å². The van der Waals surface area contributed by atoms with Gasteiger partial charge in [0, 0.05) is 23.0 Å². The molecule has 0 N–H and O–H groups in total. The number of benzene rings is 2. The first-order valence-electron chi connectivity index (χ1n) is 12.5. The molecule has 2 aromatic rings. The molecule has 0 aromatic heterocycles. The van der Waals surface area contributed by atoms with E-state index in [4.69, 9.17) is 18.9 Å². The molecule has 1 aliphatic carbocycles. The number of rotatable bonds is 7. The molecule has 2 bridgehead atoms. The number of hydrogen-bond acceptors (Lipinski definition) is 4. The van der Waals surface area contributed by atoms with Crippen LogP contribution in [-0.4, -0.2) is 31.9 Å². The molecule has 0 amide bonds. The predicted octanol–water partition coefficient (Wildman–Crippen LogP) is 7.21. The van der Waals surface area contributed by atoms with E-state index in [-0.39, 0.29) is 35.3 Å². The molecular weight excluding hydrogens is 502 g/mol. The average Bonchev–Trinajstić information content (AvgIpc) is 2.88. The van der Waals surface area contributed by atoms with Crippen LogP contribution in [0.15, 0.2) is 30.3 Å². The molecule has 202 valence electrons. The Morgan fingerprint density at radius 3 is 2.00 bits per heavy atom. The van der Waals surface area contributed by atoms with E-state index in [9.17, 15) is 17.6 Å². The zero-order valence-corrected chi connectivity index (χ0v) is 20.3. The molecule has 4 aliphatic rings. The first-order valence-corrected chi connectivity index (χ1v) is 12.5. The van der Waals surface area contributed by atoms with Gasteiger partial charge in [0.05, 0.1) is 25.7 Å². The van der Waals surface area contributed by atoms with Crippen LogP contribution >= 0.6 is 0 Å². The van der Waals surface area contributed by atoms with Gasteiger partial charge < -0.3 is 18.9 Å². The zero-order valence-electron chi connectivity index (χ0n) is 20.3. The molecule has 3 saturated heterocycles. The second kappa shape index (κ2) is 9.78. The van der Waals surface area contributed by atoms with Crippen LogP contribution in [0.5, 0.6) is 5.75 Å². The van der Waals surface area contributed by atoms with E-state index >= 15 is 8.78 Å². The third-order valence-electron chi connectivity index (χ3n) is 7.71. The van der Waals surface area contributed by atoms with Gasteiger partial charge in [0.25, 0.3) is 5.97 Å². The van der Waals surface area contributed by atoms with Gasteiger partial charge in [-0.2, -0.15) is 8.78 Å². The highest BCUT2D eigenvalue weighted by atomic mass is 19.3. The van der Waals surface area contributed by atoms with Crippen LogP contribution in [0.4, 0.5) is 26.3 Å². The molecule has 0 spiro atoms. The van der Waals surface area contributed by atoms with E-state index in [2.05, 4.69) is 6.92 Å². The summed E-state index contributed by atoms with van der Waals surface area (Å²) in [5.41, 5.74) is -0.691. The zero-order chi connectivity index (χ0) is 26.4. The molecule has 0 atom stereocenters. The van der Waals surface area contributed by atoms with Crippen LogP contribution in [0.2, 0.25) is 0 Å². The highest BCUT2D eigenvalue weighted by molar-refractivity contribution is 5.65. The summed E-state index contributed by atoms with van der Waals surface area (Å²) in [5, 5.41) is 0. The van der Waals surface area contributed by atoms with Gasteiger partial charge >= 0.3 is 6.11 Å². The summed E-state index contributed by atoms with van der Waals surface area (Å²) >= 11 is 0. The average molecular weight is 531 g/mol. The smallest absolute Gasteiger partial charge is 0.400 e. The Labute approximate surface area is 210 Å². The van der Waals surface area contributed by atoms with Crippen molar-refractivity contribution >= 4 is 0 Å². The van der Waals surface area contributed by atoms with E-state index in [1.54, 1.807) is 0 Å². The monoisotopic (exact) mass is 530 g/mol. The summed E-state index contributed by atoms with van der Waals surface area (Å²) in [6.07, 6.45) is -0.631. The van der Waals surface area contributed by atoms with E-state index in [0.29, 0.717) is 44.8 Å². The van der Waals surface area contributed by atoms with Crippen LogP contribution in [0.1, 0.15) is 45.4 Å². The van der Waals surface area contributed by atoms with Crippen molar-refractivity contribution in [3.63, 3.8) is 0 Å². The second-order valence-electron chi connectivity index (χ2n) is 10.3. The van der Waals surface area contributed by atoms with Crippen LogP contribution < -0.4 is 4.74 Å². The minimum atomic E-state index is -3.58. The number of hydrogen-bond donors (Lipinski definition) is 0. The minimum Gasteiger partial charge on any atom is -0.432 e. The van der Waals surface area contributed by atoms with E-state index in [0.717, 1.165) is 31.0 Å². The molecule has 4 fully saturated rings. The fourth-order valence-corrected chi connectivity index (χ4v) is 5.64. The molecule has 6 rings (SSSR count). The maximum absolute atomic E-state index is 15.0. The first-order chi connectivity index (χ1) is 17.6. The van der Waals surface area contributed by atoms with Crippen LogP contribution in [0, 0.1) is 40.5 Å². The van der Waals surface area contributed by atoms with Crippen molar-refractivity contribution in [2.75, 3.05) is 19.8 Å². The summed E-state index contributed by atoms with van der Waals surface area (Å²) in [7, 11) is 0. The molecule has 37 heavy (non-hydrogen) atoms. The Morgan fingerprint density at radius 2 is 1.46 bits per heavy atom. The van der Waals surface area contributed by atoms with Crippen molar-refractivity contribution in [2.24, 2.45) is 17.3 Å². The number of ether oxygens (including phenoxy) is 4. The third kappa shape index (κ3) is 4.95. The number of fused-ring (bicyclic) bond motifs is 3. The number of halogens is 6. The normalized spacial score (nSPS) is 29.9. The summed E-state index contributed by atoms with van der Waals surface area (Å²) in [6, 6.07) is 4.11. The van der Waals surface area contributed by atoms with E-state index < -0.39 is 47.0 Å². The van der Waals surface area contributed by atoms with Crippen LogP contribution in [-0.2, 0) is 14.2 Å². The van der Waals surface area contributed by atoms with Gasteiger partial charge in [-0.3, -0.25) is 0 Å². The topological polar surface area (TPSA) is 36.9 Å². The Hall–Kier alpha value is -2.30.